The fourth-order valence-corrected chi connectivity index (χ4v) is 1.71. The van der Waals surface area contributed by atoms with Crippen molar-refractivity contribution in [2.24, 2.45) is 0 Å². The Morgan fingerprint density at radius 1 is 1.55 bits per heavy atom. The minimum atomic E-state index is -0.491. The third-order valence-electron chi connectivity index (χ3n) is 2.43. The molecule has 0 spiro atoms. The molecule has 0 saturated heterocycles. The number of nitriles is 1. The summed E-state index contributed by atoms with van der Waals surface area (Å²) in [5.74, 6) is -0.0564. The van der Waals surface area contributed by atoms with E-state index in [1.54, 1.807) is 6.07 Å². The maximum absolute atomic E-state index is 12.0. The highest BCUT2D eigenvalue weighted by Gasteiger charge is 2.14. The smallest absolute Gasteiger partial charge is 0.277 e. The Morgan fingerprint density at radius 3 is 3.05 bits per heavy atom. The summed E-state index contributed by atoms with van der Waals surface area (Å²) in [4.78, 5) is 12.0. The Kier molecular flexibility index (Phi) is 4.35. The summed E-state index contributed by atoms with van der Waals surface area (Å²) in [5, 5.41) is 15.6. The number of nitrogens with zero attached hydrogens (tertiary/aromatic N) is 2. The van der Waals surface area contributed by atoms with Gasteiger partial charge in [-0.15, -0.1) is 0 Å². The first-order valence-corrected chi connectivity index (χ1v) is 5.97. The van der Waals surface area contributed by atoms with E-state index >= 15 is 0 Å². The first-order chi connectivity index (χ1) is 9.63. The molecule has 1 amide bonds. The first-order valence-electron chi connectivity index (χ1n) is 5.59. The van der Waals surface area contributed by atoms with Crippen LogP contribution in [0, 0.1) is 11.3 Å². The molecule has 7 heteroatoms. The molecule has 2 aromatic rings. The molecule has 0 unspecified atom stereocenters. The number of anilines is 1. The molecule has 2 rings (SSSR count). The van der Waals surface area contributed by atoms with Gasteiger partial charge in [-0.3, -0.25) is 4.79 Å². The van der Waals surface area contributed by atoms with Crippen molar-refractivity contribution in [3.05, 3.63) is 46.3 Å². The van der Waals surface area contributed by atoms with Crippen LogP contribution in [0.1, 0.15) is 21.8 Å². The van der Waals surface area contributed by atoms with Crippen LogP contribution in [-0.4, -0.2) is 18.2 Å². The lowest BCUT2D eigenvalue weighted by molar-refractivity contribution is 0.101. The fraction of sp³-hybridized carbons (Fsp3) is 0.154. The van der Waals surface area contributed by atoms with Crippen LogP contribution in [0.2, 0.25) is 5.02 Å². The van der Waals surface area contributed by atoms with Gasteiger partial charge in [0, 0.05) is 18.2 Å². The van der Waals surface area contributed by atoms with E-state index in [0.717, 1.165) is 0 Å². The average Bonchev–Trinajstić information content (AvgIpc) is 2.88. The van der Waals surface area contributed by atoms with E-state index in [4.69, 9.17) is 26.1 Å². The van der Waals surface area contributed by atoms with Gasteiger partial charge >= 0.3 is 0 Å². The van der Waals surface area contributed by atoms with Crippen LogP contribution in [0.25, 0.3) is 0 Å². The number of ether oxygens (including phenoxy) is 1. The van der Waals surface area contributed by atoms with E-state index in [2.05, 4.69) is 10.5 Å². The Bertz CT molecular complexity index is 676. The van der Waals surface area contributed by atoms with Crippen LogP contribution < -0.4 is 5.32 Å². The SMILES string of the molecule is COCc1cc(C(=O)Nc2cc(Cl)ccc2C#N)no1. The summed E-state index contributed by atoms with van der Waals surface area (Å²) in [6, 6.07) is 8.03. The Hall–Kier alpha value is -2.36. The van der Waals surface area contributed by atoms with Gasteiger partial charge in [-0.1, -0.05) is 16.8 Å². The van der Waals surface area contributed by atoms with Gasteiger partial charge in [0.05, 0.1) is 11.3 Å². The molecule has 0 radical (unpaired) electrons. The van der Waals surface area contributed by atoms with Gasteiger partial charge in [0.25, 0.3) is 5.91 Å². The largest absolute Gasteiger partial charge is 0.377 e. The van der Waals surface area contributed by atoms with Crippen molar-refractivity contribution in [2.75, 3.05) is 12.4 Å². The van der Waals surface area contributed by atoms with Gasteiger partial charge in [-0.2, -0.15) is 5.26 Å². The van der Waals surface area contributed by atoms with E-state index in [9.17, 15) is 4.79 Å². The second kappa shape index (κ2) is 6.19. The number of rotatable bonds is 4. The van der Waals surface area contributed by atoms with Crippen molar-refractivity contribution in [2.45, 2.75) is 6.61 Å². The van der Waals surface area contributed by atoms with Crippen molar-refractivity contribution < 1.29 is 14.1 Å². The summed E-state index contributed by atoms with van der Waals surface area (Å²) in [6.07, 6.45) is 0. The molecule has 0 saturated carbocycles. The summed E-state index contributed by atoms with van der Waals surface area (Å²) < 4.78 is 9.78. The minimum Gasteiger partial charge on any atom is -0.377 e. The highest BCUT2D eigenvalue weighted by molar-refractivity contribution is 6.31. The number of methoxy groups -OCH3 is 1. The van der Waals surface area contributed by atoms with E-state index < -0.39 is 5.91 Å². The summed E-state index contributed by atoms with van der Waals surface area (Å²) >= 11 is 5.84. The molecular weight excluding hydrogens is 282 g/mol. The van der Waals surface area contributed by atoms with E-state index in [0.29, 0.717) is 22.0 Å². The zero-order valence-corrected chi connectivity index (χ0v) is 11.3. The standard InChI is InChI=1S/C13H10ClN3O3/c1-19-7-10-5-12(17-20-10)13(18)16-11-4-9(14)3-2-8(11)6-15/h2-5H,7H2,1H3,(H,16,18). The molecule has 0 aliphatic heterocycles. The highest BCUT2D eigenvalue weighted by Crippen LogP contribution is 2.21. The number of hydrogen-bond donors (Lipinski definition) is 1. The van der Waals surface area contributed by atoms with Crippen LogP contribution in [0.4, 0.5) is 5.69 Å². The number of benzene rings is 1. The average molecular weight is 292 g/mol. The number of halogens is 1. The van der Waals surface area contributed by atoms with Crippen LogP contribution in [0.15, 0.2) is 28.8 Å². The third kappa shape index (κ3) is 3.15. The molecule has 0 bridgehead atoms. The second-order valence-electron chi connectivity index (χ2n) is 3.87. The molecule has 0 fully saturated rings. The maximum atomic E-state index is 12.0. The van der Waals surface area contributed by atoms with E-state index in [1.165, 1.54) is 25.3 Å². The van der Waals surface area contributed by atoms with Gasteiger partial charge in [-0.05, 0) is 18.2 Å². The molecule has 1 N–H and O–H groups in total. The first kappa shape index (κ1) is 14.1. The summed E-state index contributed by atoms with van der Waals surface area (Å²) in [7, 11) is 1.51. The predicted molar refractivity (Wildman–Crippen MR) is 71.3 cm³/mol. The number of carbonyl (C=O) groups excluding carboxylic acids is 1. The molecule has 1 aromatic carbocycles. The highest BCUT2D eigenvalue weighted by atomic mass is 35.5. The van der Waals surface area contributed by atoms with Crippen molar-refractivity contribution in [1.82, 2.24) is 5.16 Å². The lowest BCUT2D eigenvalue weighted by Gasteiger charge is -2.05. The van der Waals surface area contributed by atoms with Gasteiger partial charge in [0.1, 0.15) is 12.7 Å². The van der Waals surface area contributed by atoms with Gasteiger partial charge in [-0.25, -0.2) is 0 Å². The van der Waals surface area contributed by atoms with E-state index in [-0.39, 0.29) is 12.3 Å². The lowest BCUT2D eigenvalue weighted by Crippen LogP contribution is -2.13. The Labute approximate surface area is 119 Å². The van der Waals surface area contributed by atoms with Crippen molar-refractivity contribution >= 4 is 23.2 Å². The number of nitrogens with one attached hydrogen (secondary N) is 1. The van der Waals surface area contributed by atoms with Gasteiger partial charge in [0.15, 0.2) is 11.5 Å². The van der Waals surface area contributed by atoms with Crippen molar-refractivity contribution in [3.8, 4) is 6.07 Å². The molecule has 0 aliphatic rings. The topological polar surface area (TPSA) is 88.1 Å². The molecule has 0 aliphatic carbocycles. The van der Waals surface area contributed by atoms with Crippen LogP contribution >= 0.6 is 11.6 Å². The van der Waals surface area contributed by atoms with E-state index in [1.807, 2.05) is 6.07 Å². The zero-order chi connectivity index (χ0) is 14.5. The minimum absolute atomic E-state index is 0.0981. The molecule has 0 atom stereocenters. The molecule has 1 aromatic heterocycles. The molecule has 1 heterocycles. The number of carbonyl (C=O) groups is 1. The van der Waals surface area contributed by atoms with Gasteiger partial charge < -0.3 is 14.6 Å². The molecule has 6 nitrogen and oxygen atoms in total. The Balaban J connectivity index is 2.19. The fourth-order valence-electron chi connectivity index (χ4n) is 1.53. The molecule has 20 heavy (non-hydrogen) atoms. The number of hydrogen-bond acceptors (Lipinski definition) is 5. The normalized spacial score (nSPS) is 10.1. The monoisotopic (exact) mass is 291 g/mol. The lowest BCUT2D eigenvalue weighted by atomic mass is 10.2. The van der Waals surface area contributed by atoms with Crippen molar-refractivity contribution in [1.29, 1.82) is 5.26 Å². The maximum Gasteiger partial charge on any atom is 0.277 e. The summed E-state index contributed by atoms with van der Waals surface area (Å²) in [5.41, 5.74) is 0.727. The third-order valence-corrected chi connectivity index (χ3v) is 2.66. The molecule has 102 valence electrons. The van der Waals surface area contributed by atoms with Crippen molar-refractivity contribution in [3.63, 3.8) is 0 Å². The number of aromatic nitrogens is 1. The predicted octanol–water partition coefficient (Wildman–Crippen LogP) is 2.60. The van der Waals surface area contributed by atoms with Crippen LogP contribution in [0.3, 0.4) is 0 Å². The Morgan fingerprint density at radius 2 is 2.35 bits per heavy atom. The summed E-state index contributed by atoms with van der Waals surface area (Å²) in [6.45, 7) is 0.223. The zero-order valence-electron chi connectivity index (χ0n) is 10.5. The second-order valence-corrected chi connectivity index (χ2v) is 4.30. The van der Waals surface area contributed by atoms with Crippen LogP contribution in [0.5, 0.6) is 0 Å². The molecular formula is C13H10ClN3O3. The van der Waals surface area contributed by atoms with Gasteiger partial charge in [0.2, 0.25) is 0 Å². The quantitative estimate of drug-likeness (QED) is 0.935. The number of amides is 1. The van der Waals surface area contributed by atoms with Crippen LogP contribution in [-0.2, 0) is 11.3 Å².